The molecule has 4 rings (SSSR count). The van der Waals surface area contributed by atoms with E-state index in [1.54, 1.807) is 13.0 Å². The summed E-state index contributed by atoms with van der Waals surface area (Å²) < 4.78 is 41.5. The SMILES string of the molecule is Cc1cc(F)cc(CNC(=O)[C@@H]2CCN(c3ccc4c(c3)C(F)(F)C(=O)N4)C2=O)c1. The lowest BCUT2D eigenvalue weighted by molar-refractivity contribution is -0.139. The second kappa shape index (κ2) is 7.16. The van der Waals surface area contributed by atoms with Gasteiger partial charge in [-0.2, -0.15) is 8.78 Å². The summed E-state index contributed by atoms with van der Waals surface area (Å²) in [5.41, 5.74) is 0.989. The largest absolute Gasteiger partial charge is 0.352 e. The van der Waals surface area contributed by atoms with Gasteiger partial charge in [0, 0.05) is 18.8 Å². The van der Waals surface area contributed by atoms with Crippen LogP contribution in [-0.4, -0.2) is 24.3 Å². The Labute approximate surface area is 170 Å². The van der Waals surface area contributed by atoms with Crippen LogP contribution in [0, 0.1) is 18.7 Å². The van der Waals surface area contributed by atoms with Crippen LogP contribution in [0.2, 0.25) is 0 Å². The minimum absolute atomic E-state index is 0.0000701. The molecule has 30 heavy (non-hydrogen) atoms. The lowest BCUT2D eigenvalue weighted by Crippen LogP contribution is -2.36. The van der Waals surface area contributed by atoms with Crippen LogP contribution in [0.4, 0.5) is 24.5 Å². The minimum Gasteiger partial charge on any atom is -0.351 e. The van der Waals surface area contributed by atoms with Crippen molar-refractivity contribution in [2.45, 2.75) is 25.8 Å². The Kier molecular flexibility index (Phi) is 4.76. The molecule has 3 amide bonds. The fraction of sp³-hybridized carbons (Fsp3) is 0.286. The highest BCUT2D eigenvalue weighted by molar-refractivity contribution is 6.10. The van der Waals surface area contributed by atoms with Crippen molar-refractivity contribution in [1.82, 2.24) is 5.32 Å². The lowest BCUT2D eigenvalue weighted by Gasteiger charge is -2.18. The molecular formula is C21H18F3N3O3. The van der Waals surface area contributed by atoms with Crippen LogP contribution >= 0.6 is 0 Å². The van der Waals surface area contributed by atoms with Crippen LogP contribution in [-0.2, 0) is 26.9 Å². The normalized spacial score (nSPS) is 19.6. The molecule has 6 nitrogen and oxygen atoms in total. The average molecular weight is 417 g/mol. The van der Waals surface area contributed by atoms with Crippen LogP contribution < -0.4 is 15.5 Å². The van der Waals surface area contributed by atoms with Crippen molar-refractivity contribution in [1.29, 1.82) is 0 Å². The zero-order valence-corrected chi connectivity index (χ0v) is 16.0. The summed E-state index contributed by atoms with van der Waals surface area (Å²) in [5.74, 6) is -7.48. The number of nitrogens with one attached hydrogen (secondary N) is 2. The third kappa shape index (κ3) is 3.40. The predicted octanol–water partition coefficient (Wildman–Crippen LogP) is 2.85. The monoisotopic (exact) mass is 417 g/mol. The zero-order valence-electron chi connectivity index (χ0n) is 16.0. The van der Waals surface area contributed by atoms with Crippen molar-refractivity contribution >= 4 is 29.1 Å². The van der Waals surface area contributed by atoms with Gasteiger partial charge in [0.2, 0.25) is 11.8 Å². The van der Waals surface area contributed by atoms with Crippen molar-refractivity contribution in [3.05, 3.63) is 58.9 Å². The molecule has 0 spiro atoms. The number of anilines is 2. The highest BCUT2D eigenvalue weighted by Crippen LogP contribution is 2.42. The van der Waals surface area contributed by atoms with Gasteiger partial charge in [-0.1, -0.05) is 6.07 Å². The average Bonchev–Trinajstić information content (AvgIpc) is 3.16. The van der Waals surface area contributed by atoms with Gasteiger partial charge in [-0.15, -0.1) is 0 Å². The molecule has 0 aromatic heterocycles. The van der Waals surface area contributed by atoms with E-state index in [1.165, 1.54) is 29.2 Å². The number of carbonyl (C=O) groups excluding carboxylic acids is 3. The van der Waals surface area contributed by atoms with Crippen LogP contribution in [0.3, 0.4) is 0 Å². The number of benzene rings is 2. The Balaban J connectivity index is 1.46. The molecule has 0 radical (unpaired) electrons. The van der Waals surface area contributed by atoms with Gasteiger partial charge < -0.3 is 15.5 Å². The molecule has 2 heterocycles. The van der Waals surface area contributed by atoms with E-state index in [-0.39, 0.29) is 30.9 Å². The second-order valence-corrected chi connectivity index (χ2v) is 7.44. The lowest BCUT2D eigenvalue weighted by atomic mass is 10.1. The number of amides is 3. The predicted molar refractivity (Wildman–Crippen MR) is 102 cm³/mol. The maximum absolute atomic E-state index is 14.0. The summed E-state index contributed by atoms with van der Waals surface area (Å²) in [6.45, 7) is 1.98. The third-order valence-electron chi connectivity index (χ3n) is 5.28. The molecule has 2 N–H and O–H groups in total. The molecule has 2 aromatic rings. The number of rotatable bonds is 4. The van der Waals surface area contributed by atoms with E-state index < -0.39 is 40.9 Å². The number of fused-ring (bicyclic) bond motifs is 1. The van der Waals surface area contributed by atoms with Gasteiger partial charge in [-0.05, 0) is 54.8 Å². The van der Waals surface area contributed by atoms with Gasteiger partial charge in [0.25, 0.3) is 5.91 Å². The first kappa shape index (κ1) is 19.9. The molecule has 1 atom stereocenters. The van der Waals surface area contributed by atoms with Crippen LogP contribution in [0.25, 0.3) is 0 Å². The van der Waals surface area contributed by atoms with E-state index in [4.69, 9.17) is 0 Å². The smallest absolute Gasteiger partial charge is 0.351 e. The number of halogens is 3. The van der Waals surface area contributed by atoms with E-state index in [2.05, 4.69) is 10.6 Å². The molecule has 1 saturated heterocycles. The first-order chi connectivity index (χ1) is 14.2. The van der Waals surface area contributed by atoms with Gasteiger partial charge in [0.15, 0.2) is 0 Å². The molecule has 156 valence electrons. The molecule has 2 aromatic carbocycles. The summed E-state index contributed by atoms with van der Waals surface area (Å²) in [5, 5.41) is 4.73. The first-order valence-corrected chi connectivity index (χ1v) is 9.36. The third-order valence-corrected chi connectivity index (χ3v) is 5.28. The second-order valence-electron chi connectivity index (χ2n) is 7.44. The first-order valence-electron chi connectivity index (χ1n) is 9.36. The molecule has 0 bridgehead atoms. The number of carbonyl (C=O) groups is 3. The van der Waals surface area contributed by atoms with Crippen LogP contribution in [0.15, 0.2) is 36.4 Å². The van der Waals surface area contributed by atoms with E-state index in [0.717, 1.165) is 6.07 Å². The van der Waals surface area contributed by atoms with E-state index in [0.29, 0.717) is 11.1 Å². The molecule has 2 aliphatic rings. The summed E-state index contributed by atoms with van der Waals surface area (Å²) in [6, 6.07) is 8.26. The summed E-state index contributed by atoms with van der Waals surface area (Å²) in [7, 11) is 0. The molecular weight excluding hydrogens is 399 g/mol. The zero-order chi connectivity index (χ0) is 21.6. The van der Waals surface area contributed by atoms with E-state index >= 15 is 0 Å². The van der Waals surface area contributed by atoms with Crippen molar-refractivity contribution < 1.29 is 27.6 Å². The van der Waals surface area contributed by atoms with E-state index in [1.807, 2.05) is 0 Å². The minimum atomic E-state index is -3.67. The maximum atomic E-state index is 14.0. The molecule has 2 aliphatic heterocycles. The quantitative estimate of drug-likeness (QED) is 0.751. The molecule has 0 unspecified atom stereocenters. The van der Waals surface area contributed by atoms with Gasteiger partial charge in [-0.25, -0.2) is 4.39 Å². The Morgan fingerprint density at radius 2 is 2.00 bits per heavy atom. The van der Waals surface area contributed by atoms with Gasteiger partial charge in [0.1, 0.15) is 11.7 Å². The van der Waals surface area contributed by atoms with Gasteiger partial charge >= 0.3 is 5.92 Å². The molecule has 0 saturated carbocycles. The Morgan fingerprint density at radius 1 is 1.23 bits per heavy atom. The van der Waals surface area contributed by atoms with Crippen LogP contribution in [0.5, 0.6) is 0 Å². The summed E-state index contributed by atoms with van der Waals surface area (Å²) >= 11 is 0. The highest BCUT2D eigenvalue weighted by Gasteiger charge is 2.49. The number of hydrogen-bond acceptors (Lipinski definition) is 3. The maximum Gasteiger partial charge on any atom is 0.352 e. The molecule has 9 heteroatoms. The number of aryl methyl sites for hydroxylation is 1. The summed E-state index contributed by atoms with van der Waals surface area (Å²) in [6.07, 6.45) is 0.220. The Bertz CT molecular complexity index is 1050. The van der Waals surface area contributed by atoms with Crippen LogP contribution in [0.1, 0.15) is 23.1 Å². The topological polar surface area (TPSA) is 78.5 Å². The van der Waals surface area contributed by atoms with Crippen molar-refractivity contribution in [2.75, 3.05) is 16.8 Å². The number of hydrogen-bond donors (Lipinski definition) is 2. The van der Waals surface area contributed by atoms with Crippen molar-refractivity contribution in [2.24, 2.45) is 5.92 Å². The van der Waals surface area contributed by atoms with E-state index in [9.17, 15) is 27.6 Å². The standard InChI is InChI=1S/C21H18F3N3O3/c1-11-6-12(8-13(22)7-11)10-25-18(28)15-4-5-27(19(15)29)14-2-3-17-16(9-14)21(23,24)20(30)26-17/h2-3,6-9,15H,4-5,10H2,1H3,(H,25,28)(H,26,30)/t15-/m0/s1. The Hall–Kier alpha value is -3.36. The number of alkyl halides is 2. The van der Waals surface area contributed by atoms with Gasteiger partial charge in [-0.3, -0.25) is 14.4 Å². The number of nitrogens with zero attached hydrogens (tertiary/aromatic N) is 1. The van der Waals surface area contributed by atoms with Crippen molar-refractivity contribution in [3.8, 4) is 0 Å². The fourth-order valence-corrected chi connectivity index (χ4v) is 3.80. The molecule has 0 aliphatic carbocycles. The van der Waals surface area contributed by atoms with Gasteiger partial charge in [0.05, 0.1) is 11.3 Å². The van der Waals surface area contributed by atoms with Crippen molar-refractivity contribution in [3.63, 3.8) is 0 Å². The fourth-order valence-electron chi connectivity index (χ4n) is 3.80. The molecule has 1 fully saturated rings. The summed E-state index contributed by atoms with van der Waals surface area (Å²) in [4.78, 5) is 37.9. The Morgan fingerprint density at radius 3 is 2.73 bits per heavy atom. The highest BCUT2D eigenvalue weighted by atomic mass is 19.3.